The van der Waals surface area contributed by atoms with Crippen LogP contribution in [0.3, 0.4) is 0 Å². The van der Waals surface area contributed by atoms with E-state index in [1.165, 1.54) is 15.4 Å². The summed E-state index contributed by atoms with van der Waals surface area (Å²) in [6.07, 6.45) is 2.41. The average molecular weight is 603 g/mol. The molecule has 1 aliphatic carbocycles. The van der Waals surface area contributed by atoms with Crippen molar-refractivity contribution >= 4 is 21.8 Å². The van der Waals surface area contributed by atoms with Gasteiger partial charge in [0.05, 0.1) is 17.4 Å². The van der Waals surface area contributed by atoms with Crippen molar-refractivity contribution in [2.45, 2.75) is 70.0 Å². The zero-order valence-corrected chi connectivity index (χ0v) is 26.0. The first-order valence-corrected chi connectivity index (χ1v) is 16.6. The standard InChI is InChI=1S/C34H42N4O4S/c1-23(2)21-35-22-25-6-4-7-26(18-25)27-12-15-30-28(19-27)8-5-9-31(30)37-33(39)20-32-34(40)36-16-17-38(32)43(41,42)29-13-10-24(3)11-14-29/h4,6-7,10-15,18-19,23,31-32,35H,5,8-9,16-17,20-22H2,1-3H3,(H,36,40)(H,37,39)/t31-,32-/m1/s1. The first-order valence-electron chi connectivity index (χ1n) is 15.2. The fourth-order valence-corrected chi connectivity index (χ4v) is 7.55. The van der Waals surface area contributed by atoms with E-state index in [0.717, 1.165) is 54.6 Å². The summed E-state index contributed by atoms with van der Waals surface area (Å²) in [5, 5.41) is 9.35. The van der Waals surface area contributed by atoms with Crippen molar-refractivity contribution in [2.75, 3.05) is 19.6 Å². The van der Waals surface area contributed by atoms with Crippen molar-refractivity contribution in [1.29, 1.82) is 0 Å². The Hall–Kier alpha value is -3.53. The van der Waals surface area contributed by atoms with Gasteiger partial charge in [-0.15, -0.1) is 0 Å². The van der Waals surface area contributed by atoms with Gasteiger partial charge in [0.1, 0.15) is 6.04 Å². The molecule has 2 amide bonds. The number of piperazine rings is 1. The molecule has 2 atom stereocenters. The van der Waals surface area contributed by atoms with Crippen molar-refractivity contribution in [3.05, 3.63) is 89.0 Å². The lowest BCUT2D eigenvalue weighted by molar-refractivity contribution is -0.132. The molecule has 3 aromatic rings. The van der Waals surface area contributed by atoms with Crippen LogP contribution in [0.25, 0.3) is 11.1 Å². The van der Waals surface area contributed by atoms with Crippen LogP contribution in [0.15, 0.2) is 71.6 Å². The fourth-order valence-electron chi connectivity index (χ4n) is 5.96. The molecule has 0 unspecified atom stereocenters. The molecule has 1 fully saturated rings. The Bertz CT molecular complexity index is 1570. The molecule has 5 rings (SSSR count). The maximum absolute atomic E-state index is 13.4. The van der Waals surface area contributed by atoms with E-state index < -0.39 is 22.0 Å². The van der Waals surface area contributed by atoms with Gasteiger partial charge in [0.15, 0.2) is 0 Å². The van der Waals surface area contributed by atoms with Gasteiger partial charge in [-0.3, -0.25) is 9.59 Å². The van der Waals surface area contributed by atoms with Crippen molar-refractivity contribution < 1.29 is 18.0 Å². The summed E-state index contributed by atoms with van der Waals surface area (Å²) in [7, 11) is -3.94. The Balaban J connectivity index is 1.28. The summed E-state index contributed by atoms with van der Waals surface area (Å²) >= 11 is 0. The first-order chi connectivity index (χ1) is 20.6. The Kier molecular flexibility index (Phi) is 9.64. The Morgan fingerprint density at radius 1 is 1.05 bits per heavy atom. The molecule has 0 radical (unpaired) electrons. The van der Waals surface area contributed by atoms with Crippen LogP contribution in [0, 0.1) is 12.8 Å². The van der Waals surface area contributed by atoms with Crippen LogP contribution >= 0.6 is 0 Å². The summed E-state index contributed by atoms with van der Waals surface area (Å²) in [5.41, 5.74) is 6.77. The van der Waals surface area contributed by atoms with Gasteiger partial charge in [0.25, 0.3) is 0 Å². The van der Waals surface area contributed by atoms with Crippen LogP contribution in [0.5, 0.6) is 0 Å². The number of aryl methyl sites for hydroxylation is 2. The molecule has 228 valence electrons. The smallest absolute Gasteiger partial charge is 0.243 e. The third kappa shape index (κ3) is 7.34. The predicted octanol–water partition coefficient (Wildman–Crippen LogP) is 4.48. The summed E-state index contributed by atoms with van der Waals surface area (Å²) in [6.45, 7) is 8.40. The maximum atomic E-state index is 13.4. The number of sulfonamides is 1. The molecule has 3 N–H and O–H groups in total. The van der Waals surface area contributed by atoms with Gasteiger partial charge in [0.2, 0.25) is 21.8 Å². The fraction of sp³-hybridized carbons (Fsp3) is 0.412. The highest BCUT2D eigenvalue weighted by Crippen LogP contribution is 2.33. The van der Waals surface area contributed by atoms with E-state index in [-0.39, 0.29) is 36.4 Å². The van der Waals surface area contributed by atoms with Gasteiger partial charge < -0.3 is 16.0 Å². The molecule has 1 aliphatic heterocycles. The van der Waals surface area contributed by atoms with Gasteiger partial charge >= 0.3 is 0 Å². The number of hydrogen-bond acceptors (Lipinski definition) is 5. The lowest BCUT2D eigenvalue weighted by atomic mass is 9.85. The molecule has 0 bridgehead atoms. The second kappa shape index (κ2) is 13.4. The van der Waals surface area contributed by atoms with E-state index in [0.29, 0.717) is 5.92 Å². The van der Waals surface area contributed by atoms with E-state index in [9.17, 15) is 18.0 Å². The third-order valence-electron chi connectivity index (χ3n) is 8.22. The highest BCUT2D eigenvalue weighted by atomic mass is 32.2. The largest absolute Gasteiger partial charge is 0.353 e. The topological polar surface area (TPSA) is 108 Å². The molecule has 43 heavy (non-hydrogen) atoms. The lowest BCUT2D eigenvalue weighted by Crippen LogP contribution is -2.58. The number of benzene rings is 3. The minimum absolute atomic E-state index is 0.115. The number of amides is 2. The maximum Gasteiger partial charge on any atom is 0.243 e. The van der Waals surface area contributed by atoms with E-state index in [1.807, 2.05) is 6.92 Å². The quantitative estimate of drug-likeness (QED) is 0.317. The molecule has 1 heterocycles. The van der Waals surface area contributed by atoms with Crippen LogP contribution in [-0.2, 0) is 32.6 Å². The molecule has 0 spiro atoms. The molecular weight excluding hydrogens is 560 g/mol. The van der Waals surface area contributed by atoms with E-state index in [4.69, 9.17) is 0 Å². The Labute approximate surface area is 255 Å². The summed E-state index contributed by atoms with van der Waals surface area (Å²) in [5.74, 6) is -0.190. The zero-order chi connectivity index (χ0) is 30.6. The van der Waals surface area contributed by atoms with Crippen molar-refractivity contribution in [2.24, 2.45) is 5.92 Å². The first kappa shape index (κ1) is 30.9. The lowest BCUT2D eigenvalue weighted by Gasteiger charge is -2.34. The molecule has 1 saturated heterocycles. The summed E-state index contributed by atoms with van der Waals surface area (Å²) in [4.78, 5) is 26.3. The molecule has 9 heteroatoms. The van der Waals surface area contributed by atoms with Crippen molar-refractivity contribution in [3.8, 4) is 11.1 Å². The van der Waals surface area contributed by atoms with Gasteiger partial charge in [-0.25, -0.2) is 8.42 Å². The van der Waals surface area contributed by atoms with Crippen LogP contribution in [-0.4, -0.2) is 50.2 Å². The minimum atomic E-state index is -3.94. The number of fused-ring (bicyclic) bond motifs is 1. The summed E-state index contributed by atoms with van der Waals surface area (Å²) in [6, 6.07) is 20.3. The number of hydrogen-bond donors (Lipinski definition) is 3. The van der Waals surface area contributed by atoms with E-state index in [2.05, 4.69) is 72.3 Å². The molecular formula is C34H42N4O4S. The molecule has 8 nitrogen and oxygen atoms in total. The van der Waals surface area contributed by atoms with Crippen molar-refractivity contribution in [1.82, 2.24) is 20.3 Å². The molecule has 0 saturated carbocycles. The minimum Gasteiger partial charge on any atom is -0.353 e. The molecule has 3 aromatic carbocycles. The van der Waals surface area contributed by atoms with E-state index >= 15 is 0 Å². The van der Waals surface area contributed by atoms with Gasteiger partial charge in [0, 0.05) is 19.6 Å². The second-order valence-electron chi connectivity index (χ2n) is 12.1. The summed E-state index contributed by atoms with van der Waals surface area (Å²) < 4.78 is 28.1. The van der Waals surface area contributed by atoms with Gasteiger partial charge in [-0.05, 0) is 84.7 Å². The van der Waals surface area contributed by atoms with Crippen molar-refractivity contribution in [3.63, 3.8) is 0 Å². The number of carbonyl (C=O) groups is 2. The van der Waals surface area contributed by atoms with Crippen LogP contribution < -0.4 is 16.0 Å². The Morgan fingerprint density at radius 2 is 1.81 bits per heavy atom. The molecule has 2 aliphatic rings. The number of rotatable bonds is 10. The normalized spacial score (nSPS) is 19.1. The highest BCUT2D eigenvalue weighted by molar-refractivity contribution is 7.89. The van der Waals surface area contributed by atoms with Crippen LogP contribution in [0.1, 0.15) is 61.4 Å². The van der Waals surface area contributed by atoms with Crippen LogP contribution in [0.2, 0.25) is 0 Å². The average Bonchev–Trinajstić information content (AvgIpc) is 2.98. The third-order valence-corrected chi connectivity index (χ3v) is 10.1. The van der Waals surface area contributed by atoms with Crippen LogP contribution in [0.4, 0.5) is 0 Å². The molecule has 0 aromatic heterocycles. The van der Waals surface area contributed by atoms with E-state index in [1.54, 1.807) is 24.3 Å². The number of carbonyl (C=O) groups excluding carboxylic acids is 2. The number of nitrogens with one attached hydrogen (secondary N) is 3. The predicted molar refractivity (Wildman–Crippen MR) is 169 cm³/mol. The van der Waals surface area contributed by atoms with Gasteiger partial charge in [-0.1, -0.05) is 67.9 Å². The Morgan fingerprint density at radius 3 is 2.58 bits per heavy atom. The highest BCUT2D eigenvalue weighted by Gasteiger charge is 2.40. The SMILES string of the molecule is Cc1ccc(S(=O)(=O)N2CCNC(=O)[C@H]2CC(=O)N[C@@H]2CCCc3cc(-c4cccc(CNCC(C)C)c4)ccc32)cc1. The number of nitrogens with zero attached hydrogens (tertiary/aromatic N) is 1. The monoisotopic (exact) mass is 602 g/mol. The second-order valence-corrected chi connectivity index (χ2v) is 14.0. The van der Waals surface area contributed by atoms with Gasteiger partial charge in [-0.2, -0.15) is 4.31 Å². The zero-order valence-electron chi connectivity index (χ0n) is 25.2.